The van der Waals surface area contributed by atoms with Gasteiger partial charge in [-0.1, -0.05) is 35.4 Å². The van der Waals surface area contributed by atoms with Crippen LogP contribution in [0.1, 0.15) is 11.5 Å². The highest BCUT2D eigenvalue weighted by molar-refractivity contribution is 7.90. The van der Waals surface area contributed by atoms with Crippen LogP contribution in [0.4, 0.5) is 11.7 Å². The van der Waals surface area contributed by atoms with Crippen molar-refractivity contribution in [1.29, 1.82) is 0 Å². The lowest BCUT2D eigenvalue weighted by Crippen LogP contribution is -2.08. The lowest BCUT2D eigenvalue weighted by Gasteiger charge is -2.00. The monoisotopic (exact) mass is 414 g/mol. The summed E-state index contributed by atoms with van der Waals surface area (Å²) < 4.78 is 29.7. The molecule has 11 heteroatoms. The SMILES string of the molecule is O=C(C=Cc1cccc([N+](=O)[O-])c1)Nc1nnc(CS(=O)(=O)c2ccccc2)o1. The molecule has 1 amide bonds. The van der Waals surface area contributed by atoms with Crippen molar-refractivity contribution in [2.75, 3.05) is 5.32 Å². The number of nitro groups is 1. The summed E-state index contributed by atoms with van der Waals surface area (Å²) >= 11 is 0. The lowest BCUT2D eigenvalue weighted by molar-refractivity contribution is -0.384. The summed E-state index contributed by atoms with van der Waals surface area (Å²) in [5, 5.41) is 20.3. The molecule has 1 aromatic heterocycles. The molecule has 0 saturated heterocycles. The molecule has 0 aliphatic heterocycles. The Balaban J connectivity index is 1.63. The maximum absolute atomic E-state index is 12.3. The first-order valence-corrected chi connectivity index (χ1v) is 9.82. The van der Waals surface area contributed by atoms with Crippen LogP contribution in [-0.4, -0.2) is 29.4 Å². The molecule has 0 aliphatic carbocycles. The van der Waals surface area contributed by atoms with Gasteiger partial charge >= 0.3 is 6.01 Å². The number of carbonyl (C=O) groups is 1. The van der Waals surface area contributed by atoms with Gasteiger partial charge < -0.3 is 4.42 Å². The fourth-order valence-electron chi connectivity index (χ4n) is 2.30. The van der Waals surface area contributed by atoms with Crippen LogP contribution in [0.2, 0.25) is 0 Å². The number of aromatic nitrogens is 2. The number of sulfone groups is 1. The van der Waals surface area contributed by atoms with Crippen molar-refractivity contribution in [2.24, 2.45) is 0 Å². The van der Waals surface area contributed by atoms with Crippen LogP contribution in [0.25, 0.3) is 6.08 Å². The fraction of sp³-hybridized carbons (Fsp3) is 0.0556. The van der Waals surface area contributed by atoms with Gasteiger partial charge in [0.25, 0.3) is 11.6 Å². The van der Waals surface area contributed by atoms with E-state index in [1.165, 1.54) is 36.4 Å². The van der Waals surface area contributed by atoms with Gasteiger partial charge in [0.05, 0.1) is 9.82 Å². The van der Waals surface area contributed by atoms with Crippen molar-refractivity contribution >= 4 is 33.5 Å². The maximum Gasteiger partial charge on any atom is 0.322 e. The van der Waals surface area contributed by atoms with E-state index in [2.05, 4.69) is 15.5 Å². The Labute approximate surface area is 165 Å². The second-order valence-corrected chi connectivity index (χ2v) is 7.74. The molecule has 148 valence electrons. The average Bonchev–Trinajstić information content (AvgIpc) is 3.13. The van der Waals surface area contributed by atoms with Gasteiger partial charge in [0.2, 0.25) is 5.89 Å². The normalized spacial score (nSPS) is 11.4. The Morgan fingerprint density at radius 2 is 1.90 bits per heavy atom. The number of anilines is 1. The predicted octanol–water partition coefficient (Wildman–Crippen LogP) is 2.60. The molecule has 2 aromatic carbocycles. The van der Waals surface area contributed by atoms with Gasteiger partial charge in [0.15, 0.2) is 9.84 Å². The van der Waals surface area contributed by atoms with E-state index in [0.717, 1.165) is 6.08 Å². The molecule has 0 unspecified atom stereocenters. The molecule has 0 aliphatic rings. The number of benzene rings is 2. The van der Waals surface area contributed by atoms with Gasteiger partial charge in [-0.3, -0.25) is 20.2 Å². The van der Waals surface area contributed by atoms with E-state index in [4.69, 9.17) is 4.42 Å². The molecule has 1 N–H and O–H groups in total. The van der Waals surface area contributed by atoms with Crippen LogP contribution in [0, 0.1) is 10.1 Å². The number of hydrogen-bond acceptors (Lipinski definition) is 8. The number of nitro benzene ring substituents is 1. The second-order valence-electron chi connectivity index (χ2n) is 5.75. The van der Waals surface area contributed by atoms with E-state index in [-0.39, 0.29) is 22.5 Å². The first-order chi connectivity index (χ1) is 13.8. The zero-order valence-electron chi connectivity index (χ0n) is 14.8. The number of rotatable bonds is 7. The molecule has 0 bridgehead atoms. The van der Waals surface area contributed by atoms with Gasteiger partial charge in [-0.2, -0.15) is 0 Å². The largest absolute Gasteiger partial charge is 0.407 e. The molecule has 0 atom stereocenters. The van der Waals surface area contributed by atoms with Crippen LogP contribution in [0.15, 0.2) is 70.0 Å². The van der Waals surface area contributed by atoms with Crippen LogP contribution < -0.4 is 5.32 Å². The van der Waals surface area contributed by atoms with E-state index in [1.54, 1.807) is 24.3 Å². The Morgan fingerprint density at radius 1 is 1.14 bits per heavy atom. The van der Waals surface area contributed by atoms with Gasteiger partial charge in [-0.05, 0) is 23.8 Å². The fourth-order valence-corrected chi connectivity index (χ4v) is 3.48. The molecule has 0 saturated carbocycles. The second kappa shape index (κ2) is 8.44. The summed E-state index contributed by atoms with van der Waals surface area (Å²) in [5.74, 6) is -1.31. The number of nitrogens with one attached hydrogen (secondary N) is 1. The zero-order valence-corrected chi connectivity index (χ0v) is 15.6. The molecule has 1 heterocycles. The third-order valence-electron chi connectivity index (χ3n) is 3.62. The zero-order chi connectivity index (χ0) is 20.9. The third kappa shape index (κ3) is 5.32. The molecule has 10 nitrogen and oxygen atoms in total. The van der Waals surface area contributed by atoms with Crippen LogP contribution in [0.5, 0.6) is 0 Å². The molecular formula is C18H14N4O6S. The van der Waals surface area contributed by atoms with E-state index < -0.39 is 26.4 Å². The van der Waals surface area contributed by atoms with E-state index in [0.29, 0.717) is 5.56 Å². The minimum absolute atomic E-state index is 0.103. The molecule has 0 radical (unpaired) electrons. The summed E-state index contributed by atoms with van der Waals surface area (Å²) in [7, 11) is -3.66. The quantitative estimate of drug-likeness (QED) is 0.353. The van der Waals surface area contributed by atoms with Crippen molar-refractivity contribution in [2.45, 2.75) is 10.6 Å². The third-order valence-corrected chi connectivity index (χ3v) is 5.24. The Bertz CT molecular complexity index is 1170. The molecule has 29 heavy (non-hydrogen) atoms. The molecular weight excluding hydrogens is 400 g/mol. The number of amides is 1. The van der Waals surface area contributed by atoms with E-state index in [9.17, 15) is 23.3 Å². The molecule has 3 aromatic rings. The van der Waals surface area contributed by atoms with Gasteiger partial charge in [0, 0.05) is 18.2 Å². The smallest absolute Gasteiger partial charge is 0.322 e. The van der Waals surface area contributed by atoms with Gasteiger partial charge in [-0.15, -0.1) is 5.10 Å². The Hall–Kier alpha value is -3.86. The molecule has 3 rings (SSSR count). The minimum Gasteiger partial charge on any atom is -0.407 e. The summed E-state index contributed by atoms with van der Waals surface area (Å²) in [6.45, 7) is 0. The lowest BCUT2D eigenvalue weighted by atomic mass is 10.2. The maximum atomic E-state index is 12.3. The number of nitrogens with zero attached hydrogens (tertiary/aromatic N) is 3. The van der Waals surface area contributed by atoms with Crippen molar-refractivity contribution in [3.05, 3.63) is 82.2 Å². The molecule has 0 fully saturated rings. The minimum atomic E-state index is -3.66. The Morgan fingerprint density at radius 3 is 2.62 bits per heavy atom. The predicted molar refractivity (Wildman–Crippen MR) is 102 cm³/mol. The number of non-ortho nitro benzene ring substituents is 1. The van der Waals surface area contributed by atoms with Crippen molar-refractivity contribution in [1.82, 2.24) is 10.2 Å². The highest BCUT2D eigenvalue weighted by Crippen LogP contribution is 2.17. The van der Waals surface area contributed by atoms with Gasteiger partial charge in [0.1, 0.15) is 5.75 Å². The van der Waals surface area contributed by atoms with Crippen LogP contribution >= 0.6 is 0 Å². The standard InChI is InChI=1S/C18H14N4O6S/c23-16(10-9-13-5-4-6-14(11-13)22(24)25)19-18-21-20-17(28-18)12-29(26,27)15-7-2-1-3-8-15/h1-11H,12H2,(H,19,21,23). The molecule has 0 spiro atoms. The van der Waals surface area contributed by atoms with E-state index in [1.807, 2.05) is 0 Å². The highest BCUT2D eigenvalue weighted by Gasteiger charge is 2.19. The first kappa shape index (κ1) is 19.9. The van der Waals surface area contributed by atoms with Crippen molar-refractivity contribution in [3.63, 3.8) is 0 Å². The summed E-state index contributed by atoms with van der Waals surface area (Å²) in [5.41, 5.74) is 0.350. The van der Waals surface area contributed by atoms with Crippen molar-refractivity contribution < 1.29 is 22.6 Å². The number of hydrogen-bond donors (Lipinski definition) is 1. The first-order valence-electron chi connectivity index (χ1n) is 8.17. The van der Waals surface area contributed by atoms with Crippen LogP contribution in [0.3, 0.4) is 0 Å². The van der Waals surface area contributed by atoms with Crippen molar-refractivity contribution in [3.8, 4) is 0 Å². The summed E-state index contributed by atoms with van der Waals surface area (Å²) in [6.07, 6.45) is 2.50. The Kier molecular flexibility index (Phi) is 5.79. The number of carbonyl (C=O) groups excluding carboxylic acids is 1. The average molecular weight is 414 g/mol. The van der Waals surface area contributed by atoms with Gasteiger partial charge in [-0.25, -0.2) is 8.42 Å². The summed E-state index contributed by atoms with van der Waals surface area (Å²) in [4.78, 5) is 22.3. The van der Waals surface area contributed by atoms with Crippen LogP contribution in [-0.2, 0) is 20.4 Å². The topological polar surface area (TPSA) is 145 Å². The summed E-state index contributed by atoms with van der Waals surface area (Å²) in [6, 6.07) is 13.3. The highest BCUT2D eigenvalue weighted by atomic mass is 32.2. The van der Waals surface area contributed by atoms with E-state index >= 15 is 0 Å².